The Labute approximate surface area is 98.0 Å². The molecule has 2 rings (SSSR count). The van der Waals surface area contributed by atoms with Gasteiger partial charge in [-0.05, 0) is 6.92 Å². The molecule has 0 aliphatic heterocycles. The molecule has 0 radical (unpaired) electrons. The first-order valence-electron chi connectivity index (χ1n) is 4.92. The molecule has 0 aromatic carbocycles. The molecule has 0 saturated heterocycles. The van der Waals surface area contributed by atoms with E-state index in [1.54, 1.807) is 23.7 Å². The van der Waals surface area contributed by atoms with Crippen LogP contribution in [0.25, 0.3) is 0 Å². The smallest absolute Gasteiger partial charge is 0.147 e. The molecule has 2 aromatic heterocycles. The van der Waals surface area contributed by atoms with Crippen LogP contribution in [-0.2, 0) is 6.54 Å². The van der Waals surface area contributed by atoms with Crippen molar-refractivity contribution in [2.45, 2.75) is 13.5 Å². The molecule has 0 atom stereocenters. The van der Waals surface area contributed by atoms with Gasteiger partial charge in [-0.15, -0.1) is 11.3 Å². The number of nitrogens with one attached hydrogen (secondary N) is 2. The summed E-state index contributed by atoms with van der Waals surface area (Å²) in [6.45, 7) is 2.67. The Kier molecular flexibility index (Phi) is 3.31. The summed E-state index contributed by atoms with van der Waals surface area (Å²) in [5.74, 6) is 1.50. The van der Waals surface area contributed by atoms with E-state index in [9.17, 15) is 0 Å². The van der Waals surface area contributed by atoms with E-state index in [4.69, 9.17) is 0 Å². The van der Waals surface area contributed by atoms with Crippen molar-refractivity contribution in [3.05, 3.63) is 28.5 Å². The van der Waals surface area contributed by atoms with Crippen molar-refractivity contribution in [2.24, 2.45) is 0 Å². The van der Waals surface area contributed by atoms with Crippen molar-refractivity contribution >= 4 is 23.0 Å². The number of anilines is 2. The third-order valence-corrected chi connectivity index (χ3v) is 2.94. The van der Waals surface area contributed by atoms with Gasteiger partial charge in [0.2, 0.25) is 0 Å². The first-order chi connectivity index (χ1) is 7.78. The van der Waals surface area contributed by atoms with Gasteiger partial charge in [-0.25, -0.2) is 9.97 Å². The van der Waals surface area contributed by atoms with Crippen molar-refractivity contribution in [3.63, 3.8) is 0 Å². The summed E-state index contributed by atoms with van der Waals surface area (Å²) >= 11 is 1.64. The molecule has 2 N–H and O–H groups in total. The molecule has 0 amide bonds. The number of hydrogen-bond acceptors (Lipinski definition) is 6. The molecule has 84 valence electrons. The van der Waals surface area contributed by atoms with E-state index in [1.165, 1.54) is 0 Å². The summed E-state index contributed by atoms with van der Waals surface area (Å²) in [5, 5.41) is 9.21. The zero-order valence-corrected chi connectivity index (χ0v) is 10.0. The molecule has 2 heterocycles. The number of aryl methyl sites for hydroxylation is 1. The average molecular weight is 235 g/mol. The lowest BCUT2D eigenvalue weighted by Crippen LogP contribution is -2.03. The number of aromatic nitrogens is 3. The van der Waals surface area contributed by atoms with Crippen LogP contribution in [0.3, 0.4) is 0 Å². The van der Waals surface area contributed by atoms with Crippen LogP contribution in [0.2, 0.25) is 0 Å². The van der Waals surface area contributed by atoms with Gasteiger partial charge in [-0.2, -0.15) is 0 Å². The highest BCUT2D eigenvalue weighted by atomic mass is 32.1. The van der Waals surface area contributed by atoms with E-state index in [1.807, 2.05) is 19.4 Å². The number of thiazole rings is 1. The van der Waals surface area contributed by atoms with Gasteiger partial charge >= 0.3 is 0 Å². The fraction of sp³-hybridized carbons (Fsp3) is 0.300. The molecule has 0 spiro atoms. The number of hydrogen-bond donors (Lipinski definition) is 2. The van der Waals surface area contributed by atoms with E-state index in [0.29, 0.717) is 6.54 Å². The van der Waals surface area contributed by atoms with Crippen molar-refractivity contribution in [2.75, 3.05) is 17.7 Å². The quantitative estimate of drug-likeness (QED) is 0.847. The molecule has 0 saturated carbocycles. The van der Waals surface area contributed by atoms with E-state index in [0.717, 1.165) is 22.3 Å². The predicted octanol–water partition coefficient (Wildman–Crippen LogP) is 1.90. The van der Waals surface area contributed by atoms with Gasteiger partial charge in [0, 0.05) is 18.1 Å². The molecule has 6 heteroatoms. The Morgan fingerprint density at radius 1 is 1.25 bits per heavy atom. The predicted molar refractivity (Wildman–Crippen MR) is 65.8 cm³/mol. The van der Waals surface area contributed by atoms with Crippen molar-refractivity contribution in [3.8, 4) is 0 Å². The fourth-order valence-electron chi connectivity index (χ4n) is 1.22. The highest BCUT2D eigenvalue weighted by Crippen LogP contribution is 2.11. The van der Waals surface area contributed by atoms with Gasteiger partial charge in [-0.1, -0.05) is 0 Å². The van der Waals surface area contributed by atoms with Crippen molar-refractivity contribution in [1.29, 1.82) is 0 Å². The summed E-state index contributed by atoms with van der Waals surface area (Å²) in [6.07, 6.45) is 3.38. The van der Waals surface area contributed by atoms with E-state index < -0.39 is 0 Å². The Hall–Kier alpha value is -1.69. The summed E-state index contributed by atoms with van der Waals surface area (Å²) in [4.78, 5) is 12.7. The molecule has 0 bridgehead atoms. The molecule has 0 aliphatic carbocycles. The minimum Gasteiger partial charge on any atom is -0.372 e. The molecular weight excluding hydrogens is 222 g/mol. The molecular formula is C10H13N5S. The third-order valence-electron chi connectivity index (χ3n) is 1.98. The lowest BCUT2D eigenvalue weighted by molar-refractivity contribution is 1.05. The van der Waals surface area contributed by atoms with E-state index in [2.05, 4.69) is 25.6 Å². The fourth-order valence-corrected chi connectivity index (χ4v) is 1.93. The van der Waals surface area contributed by atoms with Crippen molar-refractivity contribution < 1.29 is 0 Å². The van der Waals surface area contributed by atoms with Gasteiger partial charge in [0.15, 0.2) is 0 Å². The second-order valence-electron chi connectivity index (χ2n) is 3.28. The topological polar surface area (TPSA) is 62.7 Å². The Morgan fingerprint density at radius 2 is 2.06 bits per heavy atom. The zero-order chi connectivity index (χ0) is 11.4. The normalized spacial score (nSPS) is 10.1. The number of nitrogens with zero attached hydrogens (tertiary/aromatic N) is 3. The largest absolute Gasteiger partial charge is 0.372 e. The second-order valence-corrected chi connectivity index (χ2v) is 4.22. The minimum atomic E-state index is 0.681. The van der Waals surface area contributed by atoms with Gasteiger partial charge in [0.25, 0.3) is 0 Å². The average Bonchev–Trinajstić information content (AvgIpc) is 2.73. The summed E-state index contributed by atoms with van der Waals surface area (Å²) in [6, 6.07) is 0. The molecule has 5 nitrogen and oxygen atoms in total. The van der Waals surface area contributed by atoms with Crippen LogP contribution >= 0.6 is 11.3 Å². The van der Waals surface area contributed by atoms with E-state index in [-0.39, 0.29) is 0 Å². The molecule has 0 aliphatic rings. The molecule has 2 aromatic rings. The van der Waals surface area contributed by atoms with Crippen LogP contribution in [0, 0.1) is 6.92 Å². The maximum absolute atomic E-state index is 4.36. The Balaban J connectivity index is 1.99. The van der Waals surface area contributed by atoms with Gasteiger partial charge in [0.05, 0.1) is 18.9 Å². The standard InChI is InChI=1S/C10H13N5S/c1-7-6-16-10(14-7)5-13-9-4-12-3-8(11-2)15-9/h3-4,6H,5H2,1-2H3,(H2,11,13,15). The molecule has 16 heavy (non-hydrogen) atoms. The first kappa shape index (κ1) is 10.8. The van der Waals surface area contributed by atoms with Crippen LogP contribution in [0.15, 0.2) is 17.8 Å². The Bertz CT molecular complexity index is 468. The monoisotopic (exact) mass is 235 g/mol. The highest BCUT2D eigenvalue weighted by molar-refractivity contribution is 7.09. The van der Waals surface area contributed by atoms with Gasteiger partial charge < -0.3 is 10.6 Å². The van der Waals surface area contributed by atoms with Crippen LogP contribution in [0.1, 0.15) is 10.7 Å². The molecule has 0 unspecified atom stereocenters. The van der Waals surface area contributed by atoms with Gasteiger partial charge in [0.1, 0.15) is 16.6 Å². The minimum absolute atomic E-state index is 0.681. The second kappa shape index (κ2) is 4.89. The van der Waals surface area contributed by atoms with E-state index >= 15 is 0 Å². The van der Waals surface area contributed by atoms with Crippen molar-refractivity contribution in [1.82, 2.24) is 15.0 Å². The molecule has 0 fully saturated rings. The SMILES string of the molecule is CNc1cncc(NCc2nc(C)cs2)n1. The Morgan fingerprint density at radius 3 is 2.75 bits per heavy atom. The third kappa shape index (κ3) is 2.66. The van der Waals surface area contributed by atoms with Crippen LogP contribution in [0.4, 0.5) is 11.6 Å². The van der Waals surface area contributed by atoms with Crippen LogP contribution in [0.5, 0.6) is 0 Å². The maximum Gasteiger partial charge on any atom is 0.147 e. The number of rotatable bonds is 4. The van der Waals surface area contributed by atoms with Crippen LogP contribution in [-0.4, -0.2) is 22.0 Å². The zero-order valence-electron chi connectivity index (χ0n) is 9.19. The van der Waals surface area contributed by atoms with Gasteiger partial charge in [-0.3, -0.25) is 4.98 Å². The van der Waals surface area contributed by atoms with Crippen LogP contribution < -0.4 is 10.6 Å². The summed E-state index contributed by atoms with van der Waals surface area (Å²) in [7, 11) is 1.82. The lowest BCUT2D eigenvalue weighted by atomic mass is 10.5. The maximum atomic E-state index is 4.36. The lowest BCUT2D eigenvalue weighted by Gasteiger charge is -2.04. The first-order valence-corrected chi connectivity index (χ1v) is 5.80. The highest BCUT2D eigenvalue weighted by Gasteiger charge is 2.00. The summed E-state index contributed by atoms with van der Waals surface area (Å²) in [5.41, 5.74) is 1.05. The summed E-state index contributed by atoms with van der Waals surface area (Å²) < 4.78 is 0.